The van der Waals surface area contributed by atoms with Gasteiger partial charge in [0.2, 0.25) is 5.91 Å². The first-order valence-corrected chi connectivity index (χ1v) is 26.7. The first kappa shape index (κ1) is 60.2. The van der Waals surface area contributed by atoms with Gasteiger partial charge < -0.3 is 30.1 Å². The molecule has 3 atom stereocenters. The monoisotopic (exact) mass is 881 g/mol. The number of aliphatic hydroxyl groups is 1. The van der Waals surface area contributed by atoms with Gasteiger partial charge in [-0.3, -0.25) is 19.7 Å². The third-order valence-electron chi connectivity index (χ3n) is 12.6. The van der Waals surface area contributed by atoms with Gasteiger partial charge in [-0.05, 0) is 110 Å². The van der Waals surface area contributed by atoms with Crippen LogP contribution in [0.4, 0.5) is 0 Å². The molecule has 0 radical (unpaired) electrons. The molecule has 10 nitrogen and oxygen atoms in total. The fourth-order valence-electron chi connectivity index (χ4n) is 8.39. The van der Waals surface area contributed by atoms with E-state index in [0.717, 1.165) is 135 Å². The van der Waals surface area contributed by atoms with E-state index >= 15 is 0 Å². The highest BCUT2D eigenvalue weighted by atomic mass is 16.5. The average molecular weight is 881 g/mol. The Balaban J connectivity index is 4.70. The van der Waals surface area contributed by atoms with Gasteiger partial charge in [0.1, 0.15) is 24.5 Å². The summed E-state index contributed by atoms with van der Waals surface area (Å²) in [6.07, 6.45) is 38.5. The number of aliphatic hydroxyl groups excluding tert-OH is 1. The zero-order valence-electron chi connectivity index (χ0n) is 41.8. The van der Waals surface area contributed by atoms with E-state index in [4.69, 9.17) is 9.47 Å². The van der Waals surface area contributed by atoms with Crippen LogP contribution in [-0.2, 0) is 23.9 Å². The second-order valence-electron chi connectivity index (χ2n) is 18.3. The summed E-state index contributed by atoms with van der Waals surface area (Å²) < 4.78 is 11.9. The minimum atomic E-state index is -0.954. The summed E-state index contributed by atoms with van der Waals surface area (Å²) in [7, 11) is 3.23. The molecule has 0 aromatic rings. The molecule has 0 spiro atoms. The van der Waals surface area contributed by atoms with E-state index < -0.39 is 12.3 Å². The topological polar surface area (TPSA) is 129 Å². The van der Waals surface area contributed by atoms with Crippen LogP contribution in [0.25, 0.3) is 0 Å². The lowest BCUT2D eigenvalue weighted by molar-refractivity contribution is -0.150. The molecule has 0 saturated carbocycles. The number of carbonyl (C=O) groups excluding carboxylic acids is 3. The SMILES string of the molecule is CCCCCCCCC(CC)OC(=O)CCCCCCCN(CCCCCCCC(=O)OC(CCCCCCCC)CCCCCCCC)CCCNC(C(=O)NC)[C@@H](O)NC. The Bertz CT molecular complexity index is 986. The first-order valence-electron chi connectivity index (χ1n) is 26.7. The largest absolute Gasteiger partial charge is 0.462 e. The van der Waals surface area contributed by atoms with Crippen LogP contribution in [0.1, 0.15) is 252 Å². The molecular weight excluding hydrogens is 777 g/mol. The van der Waals surface area contributed by atoms with E-state index in [1.54, 1.807) is 14.1 Å². The summed E-state index contributed by atoms with van der Waals surface area (Å²) >= 11 is 0. The number of hydrogen-bond donors (Lipinski definition) is 4. The number of nitrogens with zero attached hydrogens (tertiary/aromatic N) is 1. The Kier molecular flexibility index (Phi) is 44.5. The number of nitrogens with one attached hydrogen (secondary N) is 3. The predicted octanol–water partition coefficient (Wildman–Crippen LogP) is 12.1. The number of likely N-dealkylation sites (N-methyl/N-ethyl adjacent to an activating group) is 2. The molecule has 0 saturated heterocycles. The highest BCUT2D eigenvalue weighted by molar-refractivity contribution is 5.82. The summed E-state index contributed by atoms with van der Waals surface area (Å²) in [5.74, 6) is -0.268. The predicted molar refractivity (Wildman–Crippen MR) is 261 cm³/mol. The van der Waals surface area contributed by atoms with Gasteiger partial charge >= 0.3 is 11.9 Å². The zero-order chi connectivity index (χ0) is 45.7. The molecule has 0 heterocycles. The Morgan fingerprint density at radius 3 is 1.27 bits per heavy atom. The van der Waals surface area contributed by atoms with E-state index in [1.807, 2.05) is 0 Å². The van der Waals surface area contributed by atoms with E-state index in [-0.39, 0.29) is 30.1 Å². The van der Waals surface area contributed by atoms with Gasteiger partial charge in [0.25, 0.3) is 0 Å². The summed E-state index contributed by atoms with van der Waals surface area (Å²) in [6, 6.07) is -0.701. The number of ether oxygens (including phenoxy) is 2. The number of hydrogen-bond acceptors (Lipinski definition) is 9. The molecule has 368 valence electrons. The molecule has 0 fully saturated rings. The van der Waals surface area contributed by atoms with Crippen LogP contribution in [-0.4, -0.2) is 92.6 Å². The molecule has 0 aliphatic carbocycles. The van der Waals surface area contributed by atoms with E-state index in [9.17, 15) is 19.5 Å². The number of carbonyl (C=O) groups is 3. The standard InChI is InChI=1S/C52H104N4O6/c1-7-11-14-17-22-29-37-46(10-4)61-48(57)40-32-25-20-27-34-43-56(45-36-42-55-50(51(59)53-5)52(60)54-6)44-35-28-21-26-33-41-49(58)62-47(38-30-23-18-15-12-8-2)39-31-24-19-16-13-9-3/h46-47,50-51,53,55,59H,7-45H2,1-6H3,(H,54,60)/t46?,50?,51-/m1/s1. The molecule has 0 rings (SSSR count). The lowest BCUT2D eigenvalue weighted by atomic mass is 10.0. The minimum Gasteiger partial charge on any atom is -0.462 e. The van der Waals surface area contributed by atoms with Crippen LogP contribution in [0.2, 0.25) is 0 Å². The molecule has 0 bridgehead atoms. The molecule has 2 unspecified atom stereocenters. The molecule has 1 amide bonds. The fraction of sp³-hybridized carbons (Fsp3) is 0.942. The van der Waals surface area contributed by atoms with Crippen molar-refractivity contribution in [1.82, 2.24) is 20.9 Å². The summed E-state index contributed by atoms with van der Waals surface area (Å²) in [5, 5.41) is 18.9. The van der Waals surface area contributed by atoms with Crippen molar-refractivity contribution in [3.05, 3.63) is 0 Å². The van der Waals surface area contributed by atoms with E-state index in [1.165, 1.54) is 96.3 Å². The number of unbranched alkanes of at least 4 members (excludes halogenated alkanes) is 23. The average Bonchev–Trinajstić information content (AvgIpc) is 3.27. The van der Waals surface area contributed by atoms with Crippen molar-refractivity contribution in [2.24, 2.45) is 0 Å². The lowest BCUT2D eigenvalue weighted by Gasteiger charge is -2.25. The molecule has 0 aromatic heterocycles. The molecule has 0 aliphatic rings. The third kappa shape index (κ3) is 37.6. The van der Waals surface area contributed by atoms with Crippen LogP contribution >= 0.6 is 0 Å². The number of rotatable bonds is 48. The molecular formula is C52H104N4O6. The molecule has 10 heteroatoms. The normalized spacial score (nSPS) is 13.1. The van der Waals surface area contributed by atoms with Gasteiger partial charge in [-0.2, -0.15) is 0 Å². The van der Waals surface area contributed by atoms with Gasteiger partial charge in [0, 0.05) is 19.9 Å². The third-order valence-corrected chi connectivity index (χ3v) is 12.6. The van der Waals surface area contributed by atoms with Crippen molar-refractivity contribution in [3.8, 4) is 0 Å². The maximum absolute atomic E-state index is 12.9. The van der Waals surface area contributed by atoms with Crippen LogP contribution < -0.4 is 16.0 Å². The van der Waals surface area contributed by atoms with E-state index in [0.29, 0.717) is 19.4 Å². The van der Waals surface area contributed by atoms with Gasteiger partial charge in [-0.1, -0.05) is 163 Å². The molecule has 4 N–H and O–H groups in total. The Hall–Kier alpha value is -1.75. The highest BCUT2D eigenvalue weighted by Crippen LogP contribution is 2.19. The summed E-state index contributed by atoms with van der Waals surface area (Å²) in [4.78, 5) is 40.3. The fourth-order valence-corrected chi connectivity index (χ4v) is 8.39. The van der Waals surface area contributed by atoms with Crippen molar-refractivity contribution < 1.29 is 29.0 Å². The van der Waals surface area contributed by atoms with Crippen LogP contribution in [0.5, 0.6) is 0 Å². The van der Waals surface area contributed by atoms with Crippen molar-refractivity contribution >= 4 is 17.8 Å². The number of esters is 2. The van der Waals surface area contributed by atoms with Gasteiger partial charge in [-0.15, -0.1) is 0 Å². The summed E-state index contributed by atoms with van der Waals surface area (Å²) in [5.41, 5.74) is 0. The number of amides is 1. The lowest BCUT2D eigenvalue weighted by Crippen LogP contribution is -2.55. The first-order chi connectivity index (χ1) is 30.3. The smallest absolute Gasteiger partial charge is 0.306 e. The Morgan fingerprint density at radius 1 is 0.484 bits per heavy atom. The Morgan fingerprint density at radius 2 is 0.855 bits per heavy atom. The van der Waals surface area contributed by atoms with Crippen LogP contribution in [0.3, 0.4) is 0 Å². The molecule has 0 aliphatic heterocycles. The van der Waals surface area contributed by atoms with Gasteiger partial charge in [0.05, 0.1) is 0 Å². The van der Waals surface area contributed by atoms with Gasteiger partial charge in [0.15, 0.2) is 0 Å². The van der Waals surface area contributed by atoms with Crippen molar-refractivity contribution in [1.29, 1.82) is 0 Å². The van der Waals surface area contributed by atoms with E-state index in [2.05, 4.69) is 48.5 Å². The zero-order valence-corrected chi connectivity index (χ0v) is 41.8. The minimum absolute atomic E-state index is 0.00323. The summed E-state index contributed by atoms with van der Waals surface area (Å²) in [6.45, 7) is 12.5. The maximum Gasteiger partial charge on any atom is 0.306 e. The van der Waals surface area contributed by atoms with Crippen molar-refractivity contribution in [2.75, 3.05) is 40.3 Å². The Labute approximate surface area is 383 Å². The van der Waals surface area contributed by atoms with Crippen LogP contribution in [0, 0.1) is 0 Å². The highest BCUT2D eigenvalue weighted by Gasteiger charge is 2.24. The van der Waals surface area contributed by atoms with Crippen molar-refractivity contribution in [2.45, 2.75) is 277 Å². The van der Waals surface area contributed by atoms with Crippen molar-refractivity contribution in [3.63, 3.8) is 0 Å². The van der Waals surface area contributed by atoms with Gasteiger partial charge in [-0.25, -0.2) is 0 Å². The quantitative estimate of drug-likeness (QED) is 0.0268. The molecule has 62 heavy (non-hydrogen) atoms. The second-order valence-corrected chi connectivity index (χ2v) is 18.3. The van der Waals surface area contributed by atoms with Crippen LogP contribution in [0.15, 0.2) is 0 Å². The maximum atomic E-state index is 12.9. The molecule has 0 aromatic carbocycles. The second kappa shape index (κ2) is 45.8.